The van der Waals surface area contributed by atoms with Gasteiger partial charge in [-0.15, -0.1) is 11.6 Å². The van der Waals surface area contributed by atoms with Crippen LogP contribution in [0, 0.1) is 5.41 Å². The number of halogens is 5. The largest absolute Gasteiger partial charge is 0.436 e. The number of carbonyl (C=O) groups is 2. The number of hydrogen-bond donors (Lipinski definition) is 1. The Kier molecular flexibility index (Phi) is 7.60. The number of alkyl halides is 4. The van der Waals surface area contributed by atoms with Crippen LogP contribution in [0.5, 0.6) is 0 Å². The molecule has 0 atom stereocenters. The van der Waals surface area contributed by atoms with Gasteiger partial charge < -0.3 is 4.84 Å². The molecule has 0 aliphatic heterocycles. The summed E-state index contributed by atoms with van der Waals surface area (Å²) in [5, 5.41) is 3.32. The monoisotopic (exact) mass is 462 g/mol. The van der Waals surface area contributed by atoms with Gasteiger partial charge in [-0.3, -0.25) is 10.1 Å². The third-order valence-electron chi connectivity index (χ3n) is 4.04. The smallest absolute Gasteiger partial charge is 0.318 e. The highest BCUT2D eigenvalue weighted by atomic mass is 35.5. The van der Waals surface area contributed by atoms with Crippen molar-refractivity contribution in [3.8, 4) is 0 Å². The highest BCUT2D eigenvalue weighted by Gasteiger charge is 2.34. The van der Waals surface area contributed by atoms with Crippen molar-refractivity contribution in [2.24, 2.45) is 5.41 Å². The Morgan fingerprint density at radius 3 is 2.37 bits per heavy atom. The Bertz CT molecular complexity index is 920. The fourth-order valence-corrected chi connectivity index (χ4v) is 2.65. The Hall–Kier alpha value is -2.45. The average Bonchev–Trinajstić information content (AvgIpc) is 2.68. The van der Waals surface area contributed by atoms with E-state index in [1.54, 1.807) is 38.1 Å². The molecule has 0 spiro atoms. The number of hydroxylamine groups is 2. The van der Waals surface area contributed by atoms with E-state index in [0.29, 0.717) is 10.6 Å². The molecule has 0 aliphatic carbocycles. The molecular formula is C20H19Cl2F3N2O3. The van der Waals surface area contributed by atoms with Crippen LogP contribution in [-0.2, 0) is 22.4 Å². The second-order valence-corrected chi connectivity index (χ2v) is 7.71. The van der Waals surface area contributed by atoms with Crippen LogP contribution in [0.3, 0.4) is 0 Å². The summed E-state index contributed by atoms with van der Waals surface area (Å²) in [5.74, 6) is -0.652. The third kappa shape index (κ3) is 6.27. The van der Waals surface area contributed by atoms with Crippen LogP contribution in [0.15, 0.2) is 48.5 Å². The minimum absolute atomic E-state index is 0.0521. The Balaban J connectivity index is 2.22. The Labute approximate surface area is 181 Å². The minimum Gasteiger partial charge on any atom is -0.318 e. The first-order valence-corrected chi connectivity index (χ1v) is 9.63. The maximum Gasteiger partial charge on any atom is 0.436 e. The van der Waals surface area contributed by atoms with Gasteiger partial charge in [-0.25, -0.2) is 4.79 Å². The molecular weight excluding hydrogens is 444 g/mol. The molecule has 10 heteroatoms. The van der Waals surface area contributed by atoms with Crippen LogP contribution in [0.1, 0.15) is 25.0 Å². The molecule has 5 nitrogen and oxygen atoms in total. The van der Waals surface area contributed by atoms with E-state index < -0.39 is 29.2 Å². The number of anilines is 1. The first-order chi connectivity index (χ1) is 13.9. The standard InChI is InChI=1S/C20H19Cl2F3N2O3/c1-19(2,12-21)17(28)27(11-13-6-3-4-9-16(13)22)30-18(29)26-15-8-5-7-14(10-15)20(23,24)25/h3-10H,11-12H2,1-2H3,(H,26,29). The SMILES string of the molecule is CC(C)(CCl)C(=O)N(Cc1ccccc1Cl)OC(=O)Nc1cccc(C(F)(F)F)c1. The number of carbonyl (C=O) groups excluding carboxylic acids is 2. The van der Waals surface area contributed by atoms with E-state index in [4.69, 9.17) is 28.0 Å². The van der Waals surface area contributed by atoms with Gasteiger partial charge in [-0.05, 0) is 43.7 Å². The molecule has 2 aromatic rings. The topological polar surface area (TPSA) is 58.6 Å². The van der Waals surface area contributed by atoms with E-state index in [1.807, 2.05) is 0 Å². The molecule has 0 saturated carbocycles. The molecule has 0 bridgehead atoms. The van der Waals surface area contributed by atoms with E-state index in [9.17, 15) is 22.8 Å². The Morgan fingerprint density at radius 2 is 1.77 bits per heavy atom. The molecule has 0 aliphatic rings. The molecule has 0 saturated heterocycles. The molecule has 30 heavy (non-hydrogen) atoms. The van der Waals surface area contributed by atoms with Crippen molar-refractivity contribution in [2.45, 2.75) is 26.6 Å². The van der Waals surface area contributed by atoms with E-state index in [0.717, 1.165) is 23.3 Å². The lowest BCUT2D eigenvalue weighted by atomic mass is 9.95. The number of rotatable bonds is 5. The maximum atomic E-state index is 12.8. The number of hydrogen-bond acceptors (Lipinski definition) is 3. The van der Waals surface area contributed by atoms with Crippen molar-refractivity contribution in [2.75, 3.05) is 11.2 Å². The van der Waals surface area contributed by atoms with Crippen molar-refractivity contribution in [3.05, 3.63) is 64.7 Å². The summed E-state index contributed by atoms with van der Waals surface area (Å²) in [6, 6.07) is 10.7. The summed E-state index contributed by atoms with van der Waals surface area (Å²) in [5.41, 5.74) is -1.65. The second kappa shape index (κ2) is 9.57. The normalized spacial score (nSPS) is 11.7. The van der Waals surface area contributed by atoms with Gasteiger partial charge in [0.1, 0.15) is 0 Å². The van der Waals surface area contributed by atoms with Crippen LogP contribution in [0.2, 0.25) is 5.02 Å². The summed E-state index contributed by atoms with van der Waals surface area (Å²) >= 11 is 12.0. The van der Waals surface area contributed by atoms with Gasteiger partial charge >= 0.3 is 12.3 Å². The summed E-state index contributed by atoms with van der Waals surface area (Å²) in [6.07, 6.45) is -5.71. The van der Waals surface area contributed by atoms with Crippen LogP contribution < -0.4 is 5.32 Å². The van der Waals surface area contributed by atoms with Crippen molar-refractivity contribution in [1.82, 2.24) is 5.06 Å². The zero-order valence-corrected chi connectivity index (χ0v) is 17.6. The quantitative estimate of drug-likeness (QED) is 0.430. The zero-order valence-electron chi connectivity index (χ0n) is 16.1. The van der Waals surface area contributed by atoms with Crippen molar-refractivity contribution in [3.63, 3.8) is 0 Å². The molecule has 0 unspecified atom stereocenters. The van der Waals surface area contributed by atoms with E-state index >= 15 is 0 Å². The predicted molar refractivity (Wildman–Crippen MR) is 108 cm³/mol. The molecule has 0 aromatic heterocycles. The van der Waals surface area contributed by atoms with Crippen LogP contribution in [0.4, 0.5) is 23.7 Å². The van der Waals surface area contributed by atoms with Crippen molar-refractivity contribution >= 4 is 40.9 Å². The Morgan fingerprint density at radius 1 is 1.10 bits per heavy atom. The number of nitrogens with one attached hydrogen (secondary N) is 1. The van der Waals surface area contributed by atoms with Gasteiger partial charge in [0.05, 0.1) is 17.5 Å². The summed E-state index contributed by atoms with van der Waals surface area (Å²) in [6.45, 7) is 2.96. The molecule has 2 amide bonds. The zero-order chi connectivity index (χ0) is 22.5. The summed E-state index contributed by atoms with van der Waals surface area (Å²) in [7, 11) is 0. The van der Waals surface area contributed by atoms with Gasteiger partial charge in [-0.1, -0.05) is 35.9 Å². The van der Waals surface area contributed by atoms with Crippen molar-refractivity contribution < 1.29 is 27.6 Å². The maximum absolute atomic E-state index is 12.8. The highest BCUT2D eigenvalue weighted by Crippen LogP contribution is 2.31. The lowest BCUT2D eigenvalue weighted by Gasteiger charge is -2.29. The molecule has 0 radical (unpaired) electrons. The fraction of sp³-hybridized carbons (Fsp3) is 0.300. The van der Waals surface area contributed by atoms with E-state index in [2.05, 4.69) is 5.32 Å². The first kappa shape index (κ1) is 23.8. The molecule has 0 heterocycles. The van der Waals surface area contributed by atoms with Gasteiger partial charge in [0.2, 0.25) is 0 Å². The molecule has 2 aromatic carbocycles. The van der Waals surface area contributed by atoms with Crippen LogP contribution in [0.25, 0.3) is 0 Å². The number of benzene rings is 2. The second-order valence-electron chi connectivity index (χ2n) is 7.03. The fourth-order valence-electron chi connectivity index (χ4n) is 2.34. The average molecular weight is 463 g/mol. The van der Waals surface area contributed by atoms with Crippen LogP contribution >= 0.6 is 23.2 Å². The van der Waals surface area contributed by atoms with Crippen LogP contribution in [-0.4, -0.2) is 22.9 Å². The van der Waals surface area contributed by atoms with E-state index in [1.165, 1.54) is 6.07 Å². The minimum atomic E-state index is -4.57. The lowest BCUT2D eigenvalue weighted by molar-refractivity contribution is -0.176. The summed E-state index contributed by atoms with van der Waals surface area (Å²) < 4.78 is 38.5. The van der Waals surface area contributed by atoms with Gasteiger partial charge in [0, 0.05) is 16.6 Å². The van der Waals surface area contributed by atoms with Gasteiger partial charge in [0.25, 0.3) is 5.91 Å². The molecule has 1 N–H and O–H groups in total. The molecule has 0 fully saturated rings. The van der Waals surface area contributed by atoms with Crippen molar-refractivity contribution in [1.29, 1.82) is 0 Å². The highest BCUT2D eigenvalue weighted by molar-refractivity contribution is 6.31. The van der Waals surface area contributed by atoms with E-state index in [-0.39, 0.29) is 18.1 Å². The predicted octanol–water partition coefficient (Wildman–Crippen LogP) is 6.12. The van der Waals surface area contributed by atoms with Gasteiger partial charge in [-0.2, -0.15) is 18.2 Å². The lowest BCUT2D eigenvalue weighted by Crippen LogP contribution is -2.43. The summed E-state index contributed by atoms with van der Waals surface area (Å²) in [4.78, 5) is 30.3. The first-order valence-electron chi connectivity index (χ1n) is 8.71. The number of amides is 2. The molecule has 162 valence electrons. The third-order valence-corrected chi connectivity index (χ3v) is 5.08. The van der Waals surface area contributed by atoms with Gasteiger partial charge in [0.15, 0.2) is 0 Å². The molecule has 2 rings (SSSR count). The number of nitrogens with zero attached hydrogens (tertiary/aromatic N) is 1.